The Hall–Kier alpha value is -2.96. The van der Waals surface area contributed by atoms with Gasteiger partial charge in [-0.05, 0) is 73.3 Å². The molecule has 2 aliphatic rings. The molecular weight excluding hydrogens is 426 g/mol. The van der Waals surface area contributed by atoms with E-state index >= 15 is 0 Å². The average molecular weight is 456 g/mol. The van der Waals surface area contributed by atoms with Crippen LogP contribution in [-0.4, -0.2) is 53.3 Å². The first-order chi connectivity index (χ1) is 16.2. The number of nitrogens with one attached hydrogen (secondary N) is 2. The molecule has 2 aromatic heterocycles. The lowest BCUT2D eigenvalue weighted by Crippen LogP contribution is -2.44. The lowest BCUT2D eigenvalue weighted by atomic mass is 10.0. The van der Waals surface area contributed by atoms with Crippen molar-refractivity contribution in [2.45, 2.75) is 18.1 Å². The molecule has 6 rings (SSSR count). The lowest BCUT2D eigenvalue weighted by Gasteiger charge is -2.34. The van der Waals surface area contributed by atoms with Crippen LogP contribution in [0.1, 0.15) is 12.8 Å². The quantitative estimate of drug-likeness (QED) is 0.356. The number of pyridine rings is 1. The van der Waals surface area contributed by atoms with Gasteiger partial charge in [-0.2, -0.15) is 0 Å². The first-order valence-corrected chi connectivity index (χ1v) is 12.6. The van der Waals surface area contributed by atoms with Crippen molar-refractivity contribution in [1.29, 1.82) is 0 Å². The molecule has 1 aliphatic carbocycles. The van der Waals surface area contributed by atoms with Crippen LogP contribution in [0, 0.1) is 0 Å². The van der Waals surface area contributed by atoms with E-state index in [9.17, 15) is 0 Å². The molecule has 168 valence electrons. The van der Waals surface area contributed by atoms with E-state index < -0.39 is 0 Å². The Labute approximate surface area is 199 Å². The summed E-state index contributed by atoms with van der Waals surface area (Å²) in [7, 11) is 2.19. The first kappa shape index (κ1) is 20.6. The molecule has 6 heteroatoms. The smallest absolute Gasteiger partial charge is 0.137 e. The molecule has 0 unspecified atom stereocenters. The van der Waals surface area contributed by atoms with E-state index in [1.165, 1.54) is 35.2 Å². The highest BCUT2D eigenvalue weighted by molar-refractivity contribution is 8.01. The molecular formula is C27H29N5S. The van der Waals surface area contributed by atoms with Crippen LogP contribution in [0.2, 0.25) is 0 Å². The van der Waals surface area contributed by atoms with E-state index in [1.807, 2.05) is 18.1 Å². The van der Waals surface area contributed by atoms with Gasteiger partial charge in [0.1, 0.15) is 5.65 Å². The number of H-pyrrole nitrogens is 1. The summed E-state index contributed by atoms with van der Waals surface area (Å²) in [6.07, 6.45) is 6.70. The fourth-order valence-corrected chi connectivity index (χ4v) is 5.20. The molecule has 0 spiro atoms. The van der Waals surface area contributed by atoms with Gasteiger partial charge < -0.3 is 19.5 Å². The van der Waals surface area contributed by atoms with Gasteiger partial charge in [0, 0.05) is 71.7 Å². The molecule has 0 amide bonds. The van der Waals surface area contributed by atoms with Crippen molar-refractivity contribution in [3.8, 4) is 22.3 Å². The minimum absolute atomic E-state index is 0.790. The van der Waals surface area contributed by atoms with Crippen LogP contribution in [0.15, 0.2) is 67.0 Å². The maximum atomic E-state index is 4.71. The van der Waals surface area contributed by atoms with E-state index in [-0.39, 0.29) is 0 Å². The van der Waals surface area contributed by atoms with Gasteiger partial charge in [0.25, 0.3) is 0 Å². The van der Waals surface area contributed by atoms with E-state index in [2.05, 4.69) is 87.3 Å². The molecule has 1 saturated heterocycles. The molecule has 2 fully saturated rings. The van der Waals surface area contributed by atoms with Crippen LogP contribution in [0.5, 0.6) is 0 Å². The van der Waals surface area contributed by atoms with Crippen molar-refractivity contribution in [3.05, 3.63) is 67.0 Å². The maximum Gasteiger partial charge on any atom is 0.137 e. The average Bonchev–Trinajstić information content (AvgIpc) is 3.60. The molecule has 0 atom stereocenters. The van der Waals surface area contributed by atoms with E-state index in [1.54, 1.807) is 0 Å². The highest BCUT2D eigenvalue weighted by atomic mass is 32.2. The third-order valence-corrected chi connectivity index (χ3v) is 7.82. The van der Waals surface area contributed by atoms with Gasteiger partial charge in [-0.3, -0.25) is 0 Å². The van der Waals surface area contributed by atoms with Gasteiger partial charge >= 0.3 is 0 Å². The summed E-state index contributed by atoms with van der Waals surface area (Å²) in [4.78, 5) is 12.9. The van der Waals surface area contributed by atoms with Gasteiger partial charge in [0.15, 0.2) is 0 Å². The van der Waals surface area contributed by atoms with Gasteiger partial charge in [-0.1, -0.05) is 24.3 Å². The highest BCUT2D eigenvalue weighted by Crippen LogP contribution is 2.36. The zero-order valence-electron chi connectivity index (χ0n) is 18.9. The Morgan fingerprint density at radius 3 is 2.36 bits per heavy atom. The number of benzene rings is 2. The summed E-state index contributed by atoms with van der Waals surface area (Å²) in [5.74, 6) is 0. The predicted molar refractivity (Wildman–Crippen MR) is 141 cm³/mol. The van der Waals surface area contributed by atoms with Crippen LogP contribution in [0.4, 0.5) is 11.4 Å². The fourth-order valence-electron chi connectivity index (χ4n) is 4.38. The number of aromatic amines is 1. The molecule has 5 nitrogen and oxygen atoms in total. The van der Waals surface area contributed by atoms with Crippen LogP contribution in [0.3, 0.4) is 0 Å². The molecule has 4 aromatic rings. The largest absolute Gasteiger partial charge is 0.369 e. The molecule has 1 saturated carbocycles. The molecule has 0 radical (unpaired) electrons. The molecule has 2 aromatic carbocycles. The summed E-state index contributed by atoms with van der Waals surface area (Å²) < 4.78 is 3.47. The van der Waals surface area contributed by atoms with Crippen LogP contribution < -0.4 is 9.62 Å². The molecule has 3 heterocycles. The third kappa shape index (κ3) is 4.45. The Morgan fingerprint density at radius 1 is 0.909 bits per heavy atom. The number of anilines is 2. The Kier molecular flexibility index (Phi) is 5.48. The first-order valence-electron chi connectivity index (χ1n) is 11.8. The number of piperazine rings is 1. The third-order valence-electron chi connectivity index (χ3n) is 6.66. The molecule has 0 bridgehead atoms. The van der Waals surface area contributed by atoms with E-state index in [0.717, 1.165) is 53.7 Å². The van der Waals surface area contributed by atoms with Crippen molar-refractivity contribution < 1.29 is 0 Å². The minimum Gasteiger partial charge on any atom is -0.369 e. The number of fused-ring (bicyclic) bond motifs is 1. The minimum atomic E-state index is 0.790. The number of likely N-dealkylation sites (N-methyl/N-ethyl adjacent to an activating group) is 1. The SMILES string of the molecule is CN1CCN(c2ccc(-c3cnc4[nH]cc(-c5ccc(NSC6CC6)cc5)c4c3)cc2)CC1. The Morgan fingerprint density at radius 2 is 1.64 bits per heavy atom. The second-order valence-corrected chi connectivity index (χ2v) is 10.3. The zero-order valence-corrected chi connectivity index (χ0v) is 19.7. The van der Waals surface area contributed by atoms with Gasteiger partial charge in [0.05, 0.1) is 0 Å². The Balaban J connectivity index is 1.23. The standard InChI is InChI=1S/C27H29N5S/c1-31-12-14-32(15-13-31)23-8-4-19(5-9-23)21-16-25-26(18-29-27(25)28-17-21)20-2-6-22(7-3-20)30-33-24-10-11-24/h2-9,16-18,24,30H,10-15H2,1H3,(H,28,29). The second-order valence-electron chi connectivity index (χ2n) is 9.16. The monoisotopic (exact) mass is 455 g/mol. The second kappa shape index (κ2) is 8.76. The summed E-state index contributed by atoms with van der Waals surface area (Å²) in [6.45, 7) is 4.41. The highest BCUT2D eigenvalue weighted by Gasteiger charge is 2.22. The van der Waals surface area contributed by atoms with E-state index in [4.69, 9.17) is 4.98 Å². The lowest BCUT2D eigenvalue weighted by molar-refractivity contribution is 0.313. The number of hydrogen-bond donors (Lipinski definition) is 2. The fraction of sp³-hybridized carbons (Fsp3) is 0.296. The zero-order chi connectivity index (χ0) is 22.2. The number of hydrogen-bond acceptors (Lipinski definition) is 5. The van der Waals surface area contributed by atoms with Gasteiger partial charge in [-0.15, -0.1) is 0 Å². The number of aromatic nitrogens is 2. The predicted octanol–water partition coefficient (Wildman–Crippen LogP) is 5.87. The number of nitrogens with zero attached hydrogens (tertiary/aromatic N) is 3. The van der Waals surface area contributed by atoms with Crippen molar-refractivity contribution >= 4 is 34.4 Å². The van der Waals surface area contributed by atoms with Crippen LogP contribution in [0.25, 0.3) is 33.3 Å². The van der Waals surface area contributed by atoms with Crippen molar-refractivity contribution in [1.82, 2.24) is 14.9 Å². The summed E-state index contributed by atoms with van der Waals surface area (Å²) >= 11 is 1.84. The summed E-state index contributed by atoms with van der Waals surface area (Å²) in [5.41, 5.74) is 8.13. The van der Waals surface area contributed by atoms with Gasteiger partial charge in [-0.25, -0.2) is 4.98 Å². The molecule has 33 heavy (non-hydrogen) atoms. The Bertz CT molecular complexity index is 1240. The van der Waals surface area contributed by atoms with Crippen molar-refractivity contribution in [2.24, 2.45) is 0 Å². The van der Waals surface area contributed by atoms with Crippen LogP contribution in [-0.2, 0) is 0 Å². The van der Waals surface area contributed by atoms with Crippen molar-refractivity contribution in [2.75, 3.05) is 42.8 Å². The maximum absolute atomic E-state index is 4.71. The van der Waals surface area contributed by atoms with E-state index in [0.29, 0.717) is 0 Å². The number of rotatable bonds is 6. The van der Waals surface area contributed by atoms with Gasteiger partial charge in [0.2, 0.25) is 0 Å². The van der Waals surface area contributed by atoms with Crippen LogP contribution >= 0.6 is 11.9 Å². The molecule has 1 aliphatic heterocycles. The summed E-state index contributed by atoms with van der Waals surface area (Å²) in [6, 6.07) is 19.9. The molecule has 2 N–H and O–H groups in total. The van der Waals surface area contributed by atoms with Crippen molar-refractivity contribution in [3.63, 3.8) is 0 Å². The normalized spacial score (nSPS) is 16.9. The summed E-state index contributed by atoms with van der Waals surface area (Å²) in [5, 5.41) is 1.95. The topological polar surface area (TPSA) is 47.2 Å².